The number of nitrogens with one attached hydrogen (secondary N) is 1. The molecule has 0 amide bonds. The summed E-state index contributed by atoms with van der Waals surface area (Å²) < 4.78 is 12.0. The summed E-state index contributed by atoms with van der Waals surface area (Å²) in [6.45, 7) is 6.67. The van der Waals surface area contributed by atoms with Crippen LogP contribution in [0.2, 0.25) is 0 Å². The molecule has 2 aliphatic rings. The lowest BCUT2D eigenvalue weighted by Gasteiger charge is -2.41. The van der Waals surface area contributed by atoms with Crippen molar-refractivity contribution >= 4 is 24.8 Å². The molecule has 1 N–H and O–H groups in total. The van der Waals surface area contributed by atoms with E-state index in [9.17, 15) is 0 Å². The highest BCUT2D eigenvalue weighted by atomic mass is 35.5. The molecule has 2 aromatic carbocycles. The number of benzene rings is 2. The molecule has 2 heterocycles. The molecular formula is C23H32Cl2N2O2. The van der Waals surface area contributed by atoms with Crippen LogP contribution in [0.15, 0.2) is 54.6 Å². The van der Waals surface area contributed by atoms with E-state index in [1.54, 1.807) is 0 Å². The predicted molar refractivity (Wildman–Crippen MR) is 122 cm³/mol. The second kappa shape index (κ2) is 12.4. The van der Waals surface area contributed by atoms with Crippen LogP contribution in [0.1, 0.15) is 30.0 Å². The van der Waals surface area contributed by atoms with Crippen molar-refractivity contribution in [2.24, 2.45) is 5.92 Å². The summed E-state index contributed by atoms with van der Waals surface area (Å²) in [4.78, 5) is 2.65. The third-order valence-electron chi connectivity index (χ3n) is 5.73. The fourth-order valence-electron chi connectivity index (χ4n) is 4.33. The number of para-hydroxylation sites is 1. The van der Waals surface area contributed by atoms with E-state index in [2.05, 4.69) is 58.7 Å². The van der Waals surface area contributed by atoms with Gasteiger partial charge in [0.2, 0.25) is 0 Å². The first-order valence-electron chi connectivity index (χ1n) is 10.2. The number of ether oxygens (including phenoxy) is 2. The zero-order chi connectivity index (χ0) is 18.3. The molecule has 2 aromatic rings. The fourth-order valence-corrected chi connectivity index (χ4v) is 4.33. The smallest absolute Gasteiger partial charge is 0.124 e. The Balaban J connectivity index is 0.00000150. The van der Waals surface area contributed by atoms with Crippen molar-refractivity contribution < 1.29 is 9.47 Å². The number of rotatable bonds is 6. The van der Waals surface area contributed by atoms with Crippen molar-refractivity contribution in [1.82, 2.24) is 10.2 Å². The Bertz CT molecular complexity index is 687. The molecule has 1 atom stereocenters. The van der Waals surface area contributed by atoms with Crippen molar-refractivity contribution in [3.05, 3.63) is 65.7 Å². The molecule has 160 valence electrons. The molecule has 0 spiro atoms. The van der Waals surface area contributed by atoms with Crippen molar-refractivity contribution in [1.29, 1.82) is 0 Å². The largest absolute Gasteiger partial charge is 0.489 e. The van der Waals surface area contributed by atoms with E-state index in [4.69, 9.17) is 9.47 Å². The SMILES string of the molecule is Cl.Cl.c1ccc(COc2ccccc2[C@@H](C2CCOCC2)N2CCNCC2)cc1. The third-order valence-corrected chi connectivity index (χ3v) is 5.73. The van der Waals surface area contributed by atoms with Crippen LogP contribution in [0.4, 0.5) is 0 Å². The Labute approximate surface area is 186 Å². The van der Waals surface area contributed by atoms with E-state index in [-0.39, 0.29) is 24.8 Å². The van der Waals surface area contributed by atoms with Gasteiger partial charge in [0, 0.05) is 51.0 Å². The minimum atomic E-state index is 0. The summed E-state index contributed by atoms with van der Waals surface area (Å²) in [6, 6.07) is 19.5. The second-order valence-electron chi connectivity index (χ2n) is 7.49. The first kappa shape index (κ1) is 24.0. The Hall–Kier alpha value is -1.30. The van der Waals surface area contributed by atoms with Crippen LogP contribution in [-0.2, 0) is 11.3 Å². The molecule has 2 fully saturated rings. The van der Waals surface area contributed by atoms with E-state index >= 15 is 0 Å². The van der Waals surface area contributed by atoms with E-state index in [0.717, 1.165) is 58.0 Å². The van der Waals surface area contributed by atoms with Crippen LogP contribution in [0.5, 0.6) is 5.75 Å². The molecular weight excluding hydrogens is 407 g/mol. The first-order valence-corrected chi connectivity index (χ1v) is 10.2. The molecule has 6 heteroatoms. The number of hydrogen-bond acceptors (Lipinski definition) is 4. The fraction of sp³-hybridized carbons (Fsp3) is 0.478. The first-order chi connectivity index (χ1) is 13.4. The summed E-state index contributed by atoms with van der Waals surface area (Å²) in [5.41, 5.74) is 2.54. The van der Waals surface area contributed by atoms with Gasteiger partial charge in [-0.3, -0.25) is 4.90 Å². The lowest BCUT2D eigenvalue weighted by Crippen LogP contribution is -2.47. The van der Waals surface area contributed by atoms with Crippen LogP contribution >= 0.6 is 24.8 Å². The second-order valence-corrected chi connectivity index (χ2v) is 7.49. The molecule has 0 radical (unpaired) electrons. The normalized spacial score (nSPS) is 18.9. The van der Waals surface area contributed by atoms with Crippen molar-refractivity contribution in [2.75, 3.05) is 39.4 Å². The Morgan fingerprint density at radius 2 is 1.59 bits per heavy atom. The molecule has 4 rings (SSSR count). The van der Waals surface area contributed by atoms with E-state index in [1.807, 2.05) is 6.07 Å². The highest BCUT2D eigenvalue weighted by Gasteiger charge is 2.33. The zero-order valence-electron chi connectivity index (χ0n) is 16.8. The number of halogens is 2. The average Bonchev–Trinajstić information content (AvgIpc) is 2.76. The van der Waals surface area contributed by atoms with Gasteiger partial charge in [-0.25, -0.2) is 0 Å². The van der Waals surface area contributed by atoms with Crippen LogP contribution in [-0.4, -0.2) is 44.3 Å². The monoisotopic (exact) mass is 438 g/mol. The van der Waals surface area contributed by atoms with Gasteiger partial charge in [-0.1, -0.05) is 48.5 Å². The number of nitrogens with zero attached hydrogens (tertiary/aromatic N) is 1. The van der Waals surface area contributed by atoms with Gasteiger partial charge in [0.15, 0.2) is 0 Å². The zero-order valence-corrected chi connectivity index (χ0v) is 18.4. The Morgan fingerprint density at radius 3 is 2.31 bits per heavy atom. The van der Waals surface area contributed by atoms with Gasteiger partial charge in [-0.05, 0) is 30.4 Å². The number of hydrogen-bond donors (Lipinski definition) is 1. The summed E-state index contributed by atoms with van der Waals surface area (Å²) in [5, 5.41) is 3.49. The molecule has 0 unspecified atom stereocenters. The van der Waals surface area contributed by atoms with Gasteiger partial charge < -0.3 is 14.8 Å². The molecule has 0 saturated carbocycles. The molecule has 2 saturated heterocycles. The Morgan fingerprint density at radius 1 is 0.931 bits per heavy atom. The highest BCUT2D eigenvalue weighted by molar-refractivity contribution is 5.85. The maximum atomic E-state index is 6.31. The third kappa shape index (κ3) is 6.34. The van der Waals surface area contributed by atoms with Crippen molar-refractivity contribution in [3.63, 3.8) is 0 Å². The van der Waals surface area contributed by atoms with Gasteiger partial charge in [0.25, 0.3) is 0 Å². The molecule has 2 aliphatic heterocycles. The van der Waals surface area contributed by atoms with Crippen LogP contribution in [0, 0.1) is 5.92 Å². The van der Waals surface area contributed by atoms with E-state index in [1.165, 1.54) is 11.1 Å². The van der Waals surface area contributed by atoms with E-state index < -0.39 is 0 Å². The molecule has 0 bridgehead atoms. The number of piperazine rings is 1. The van der Waals surface area contributed by atoms with Gasteiger partial charge in [-0.2, -0.15) is 0 Å². The minimum Gasteiger partial charge on any atom is -0.489 e. The lowest BCUT2D eigenvalue weighted by molar-refractivity contribution is 0.0204. The van der Waals surface area contributed by atoms with Crippen molar-refractivity contribution in [2.45, 2.75) is 25.5 Å². The average molecular weight is 439 g/mol. The quantitative estimate of drug-likeness (QED) is 0.720. The highest BCUT2D eigenvalue weighted by Crippen LogP contribution is 2.39. The van der Waals surface area contributed by atoms with Gasteiger partial charge in [0.05, 0.1) is 0 Å². The molecule has 29 heavy (non-hydrogen) atoms. The lowest BCUT2D eigenvalue weighted by atomic mass is 9.85. The van der Waals surface area contributed by atoms with Gasteiger partial charge in [0.1, 0.15) is 12.4 Å². The Kier molecular flexibility index (Phi) is 10.3. The van der Waals surface area contributed by atoms with Crippen LogP contribution in [0.25, 0.3) is 0 Å². The van der Waals surface area contributed by atoms with Gasteiger partial charge >= 0.3 is 0 Å². The van der Waals surface area contributed by atoms with Crippen LogP contribution in [0.3, 0.4) is 0 Å². The standard InChI is InChI=1S/C23H30N2O2.2ClH/c1-2-6-19(7-3-1)18-27-22-9-5-4-8-21(22)23(20-10-16-26-17-11-20)25-14-12-24-13-15-25;;/h1-9,20,23-24H,10-18H2;2*1H/t23-;;/m1../s1. The topological polar surface area (TPSA) is 33.7 Å². The molecule has 0 aliphatic carbocycles. The van der Waals surface area contributed by atoms with Crippen molar-refractivity contribution in [3.8, 4) is 5.75 Å². The molecule has 4 nitrogen and oxygen atoms in total. The summed E-state index contributed by atoms with van der Waals surface area (Å²) in [6.07, 6.45) is 2.25. The summed E-state index contributed by atoms with van der Waals surface area (Å²) in [5.74, 6) is 1.65. The van der Waals surface area contributed by atoms with Crippen LogP contribution < -0.4 is 10.1 Å². The van der Waals surface area contributed by atoms with E-state index in [0.29, 0.717) is 18.6 Å². The maximum Gasteiger partial charge on any atom is 0.124 e. The molecule has 0 aromatic heterocycles. The van der Waals surface area contributed by atoms with Gasteiger partial charge in [-0.15, -0.1) is 24.8 Å². The summed E-state index contributed by atoms with van der Waals surface area (Å²) >= 11 is 0. The minimum absolute atomic E-state index is 0. The maximum absolute atomic E-state index is 6.31. The predicted octanol–water partition coefficient (Wildman–Crippen LogP) is 4.48. The summed E-state index contributed by atoms with van der Waals surface area (Å²) in [7, 11) is 0.